The molecule has 1 aromatic heterocycles. The Morgan fingerprint density at radius 2 is 1.97 bits per heavy atom. The van der Waals surface area contributed by atoms with E-state index in [1.165, 1.54) is 10.9 Å². The number of halogens is 1. The number of urea groups is 1. The van der Waals surface area contributed by atoms with Gasteiger partial charge in [0, 0.05) is 5.02 Å². The summed E-state index contributed by atoms with van der Waals surface area (Å²) in [5.74, 6) is -0.576. The zero-order valence-corrected chi connectivity index (χ0v) is 17.3. The van der Waals surface area contributed by atoms with Crippen molar-refractivity contribution in [2.45, 2.75) is 19.5 Å². The highest BCUT2D eigenvalue weighted by Crippen LogP contribution is 2.28. The number of rotatable bonds is 5. The molecule has 1 aliphatic heterocycles. The Kier molecular flexibility index (Phi) is 5.73. The third kappa shape index (κ3) is 4.15. The first-order valence-corrected chi connectivity index (χ1v) is 10.0. The average molecular weight is 439 g/mol. The van der Waals surface area contributed by atoms with Gasteiger partial charge in [0.15, 0.2) is 0 Å². The van der Waals surface area contributed by atoms with Gasteiger partial charge in [-0.05, 0) is 30.7 Å². The Morgan fingerprint density at radius 3 is 2.71 bits per heavy atom. The van der Waals surface area contributed by atoms with Crippen LogP contribution in [0.4, 0.5) is 4.79 Å². The number of amides is 2. The molecule has 2 heterocycles. The molecule has 4 rings (SSSR count). The highest BCUT2D eigenvalue weighted by atomic mass is 35.5. The highest BCUT2D eigenvalue weighted by molar-refractivity contribution is 6.31. The van der Waals surface area contributed by atoms with E-state index in [1.807, 2.05) is 18.2 Å². The Labute approximate surface area is 182 Å². The number of nitrogens with zero attached hydrogens (tertiary/aromatic N) is 2. The molecule has 3 aromatic rings. The van der Waals surface area contributed by atoms with Gasteiger partial charge in [0.1, 0.15) is 0 Å². The summed E-state index contributed by atoms with van der Waals surface area (Å²) in [6.45, 7) is 1.81. The largest absolute Gasteiger partial charge is 0.463 e. The van der Waals surface area contributed by atoms with E-state index in [4.69, 9.17) is 16.3 Å². The lowest BCUT2D eigenvalue weighted by molar-refractivity contribution is -0.139. The number of carbonyl (C=O) groups excluding carboxylic acids is 2. The lowest BCUT2D eigenvalue weighted by atomic mass is 9.95. The van der Waals surface area contributed by atoms with E-state index in [-0.39, 0.29) is 30.0 Å². The summed E-state index contributed by atoms with van der Waals surface area (Å²) in [4.78, 5) is 42.5. The molecular formula is C22H19ClN4O4. The molecule has 158 valence electrons. The fourth-order valence-corrected chi connectivity index (χ4v) is 3.67. The van der Waals surface area contributed by atoms with Gasteiger partial charge in [-0.2, -0.15) is 0 Å². The second kappa shape index (κ2) is 8.61. The lowest BCUT2D eigenvalue weighted by Gasteiger charge is -2.29. The van der Waals surface area contributed by atoms with Crippen LogP contribution >= 0.6 is 11.6 Å². The number of ether oxygens (including phenoxy) is 1. The molecule has 1 atom stereocenters. The van der Waals surface area contributed by atoms with Crippen LogP contribution in [0.5, 0.6) is 0 Å². The van der Waals surface area contributed by atoms with Crippen LogP contribution in [0.1, 0.15) is 18.5 Å². The standard InChI is InChI=1S/C22H19ClN4O4/c1-2-31-21(29)18-17(25-22(30)26-19(18)13-6-4-3-5-7-13)11-27-12-24-16-10-14(23)8-9-15(16)20(27)28/h3-10,12,19H,2,11H2,1H3,(H2,25,26,30). The van der Waals surface area contributed by atoms with E-state index in [1.54, 1.807) is 37.3 Å². The number of fused-ring (bicyclic) bond motifs is 1. The maximum absolute atomic E-state index is 13.0. The zero-order valence-electron chi connectivity index (χ0n) is 16.6. The fourth-order valence-electron chi connectivity index (χ4n) is 3.50. The molecule has 2 aromatic carbocycles. The van der Waals surface area contributed by atoms with E-state index in [2.05, 4.69) is 15.6 Å². The minimum atomic E-state index is -0.716. The predicted octanol–water partition coefficient (Wildman–Crippen LogP) is 2.92. The molecule has 2 amide bonds. The molecule has 0 radical (unpaired) electrons. The van der Waals surface area contributed by atoms with Crippen LogP contribution in [0.3, 0.4) is 0 Å². The normalized spacial score (nSPS) is 16.1. The Bertz CT molecular complexity index is 1250. The SMILES string of the molecule is CCOC(=O)C1=C(Cn2cnc3cc(Cl)ccc3c2=O)NC(=O)NC1c1ccccc1. The van der Waals surface area contributed by atoms with Crippen LogP contribution in [0.2, 0.25) is 5.02 Å². The van der Waals surface area contributed by atoms with Gasteiger partial charge in [0.05, 0.1) is 47.7 Å². The molecule has 8 nitrogen and oxygen atoms in total. The summed E-state index contributed by atoms with van der Waals surface area (Å²) >= 11 is 5.98. The van der Waals surface area contributed by atoms with Gasteiger partial charge >= 0.3 is 12.0 Å². The summed E-state index contributed by atoms with van der Waals surface area (Å²) < 4.78 is 6.58. The van der Waals surface area contributed by atoms with Crippen molar-refractivity contribution in [1.29, 1.82) is 0 Å². The molecule has 0 spiro atoms. The number of benzene rings is 2. The summed E-state index contributed by atoms with van der Waals surface area (Å²) in [7, 11) is 0. The van der Waals surface area contributed by atoms with Crippen molar-refractivity contribution in [2.75, 3.05) is 6.61 Å². The van der Waals surface area contributed by atoms with Crippen molar-refractivity contribution in [3.05, 3.63) is 87.1 Å². The van der Waals surface area contributed by atoms with Crippen LogP contribution in [-0.2, 0) is 16.1 Å². The number of nitrogens with one attached hydrogen (secondary N) is 2. The average Bonchev–Trinajstić information content (AvgIpc) is 2.76. The van der Waals surface area contributed by atoms with Gasteiger partial charge in [0.2, 0.25) is 0 Å². The van der Waals surface area contributed by atoms with E-state index in [0.29, 0.717) is 15.9 Å². The molecule has 2 N–H and O–H groups in total. The number of carbonyl (C=O) groups is 2. The molecule has 1 aliphatic rings. The van der Waals surface area contributed by atoms with Crippen LogP contribution in [0, 0.1) is 0 Å². The number of hydrogen-bond donors (Lipinski definition) is 2. The maximum atomic E-state index is 13.0. The van der Waals surface area contributed by atoms with Crippen molar-refractivity contribution < 1.29 is 14.3 Å². The third-order valence-corrected chi connectivity index (χ3v) is 5.13. The Balaban J connectivity index is 1.82. The molecule has 0 bridgehead atoms. The molecular weight excluding hydrogens is 420 g/mol. The van der Waals surface area contributed by atoms with E-state index >= 15 is 0 Å². The quantitative estimate of drug-likeness (QED) is 0.596. The van der Waals surface area contributed by atoms with Gasteiger partial charge in [-0.25, -0.2) is 14.6 Å². The summed E-state index contributed by atoms with van der Waals surface area (Å²) in [6, 6.07) is 12.7. The molecule has 0 aliphatic carbocycles. The van der Waals surface area contributed by atoms with Crippen molar-refractivity contribution in [2.24, 2.45) is 0 Å². The maximum Gasteiger partial charge on any atom is 0.338 e. The fraction of sp³-hybridized carbons (Fsp3) is 0.182. The number of allylic oxidation sites excluding steroid dienone is 1. The number of aromatic nitrogens is 2. The minimum absolute atomic E-state index is 0.0602. The summed E-state index contributed by atoms with van der Waals surface area (Å²) in [5, 5.41) is 6.27. The van der Waals surface area contributed by atoms with Crippen molar-refractivity contribution in [1.82, 2.24) is 20.2 Å². The molecule has 0 saturated carbocycles. The van der Waals surface area contributed by atoms with Crippen molar-refractivity contribution in [3.8, 4) is 0 Å². The second-order valence-electron chi connectivity index (χ2n) is 6.89. The number of hydrogen-bond acceptors (Lipinski definition) is 5. The summed E-state index contributed by atoms with van der Waals surface area (Å²) in [5.41, 5.74) is 1.37. The first kappa shape index (κ1) is 20.6. The molecule has 9 heteroatoms. The first-order chi connectivity index (χ1) is 15.0. The van der Waals surface area contributed by atoms with Gasteiger partial charge in [-0.15, -0.1) is 0 Å². The third-order valence-electron chi connectivity index (χ3n) is 4.90. The van der Waals surface area contributed by atoms with Crippen LogP contribution < -0.4 is 16.2 Å². The molecule has 1 unspecified atom stereocenters. The monoisotopic (exact) mass is 438 g/mol. The first-order valence-electron chi connectivity index (χ1n) is 9.65. The second-order valence-corrected chi connectivity index (χ2v) is 7.33. The number of esters is 1. The zero-order chi connectivity index (χ0) is 22.0. The molecule has 0 fully saturated rings. The predicted molar refractivity (Wildman–Crippen MR) is 116 cm³/mol. The van der Waals surface area contributed by atoms with Gasteiger partial charge in [-0.3, -0.25) is 9.36 Å². The van der Waals surface area contributed by atoms with Crippen LogP contribution in [0.15, 0.2) is 70.9 Å². The lowest BCUT2D eigenvalue weighted by Crippen LogP contribution is -2.47. The van der Waals surface area contributed by atoms with Gasteiger partial charge in [-0.1, -0.05) is 41.9 Å². The van der Waals surface area contributed by atoms with Crippen LogP contribution in [0.25, 0.3) is 10.9 Å². The Morgan fingerprint density at radius 1 is 1.19 bits per heavy atom. The smallest absolute Gasteiger partial charge is 0.338 e. The Hall–Kier alpha value is -3.65. The topological polar surface area (TPSA) is 102 Å². The minimum Gasteiger partial charge on any atom is -0.463 e. The van der Waals surface area contributed by atoms with Gasteiger partial charge in [0.25, 0.3) is 5.56 Å². The van der Waals surface area contributed by atoms with E-state index in [9.17, 15) is 14.4 Å². The molecule has 0 saturated heterocycles. The van der Waals surface area contributed by atoms with Crippen LogP contribution in [-0.4, -0.2) is 28.2 Å². The van der Waals surface area contributed by atoms with E-state index in [0.717, 1.165) is 5.56 Å². The van der Waals surface area contributed by atoms with E-state index < -0.39 is 18.0 Å². The van der Waals surface area contributed by atoms with Crippen molar-refractivity contribution in [3.63, 3.8) is 0 Å². The molecule has 31 heavy (non-hydrogen) atoms. The highest BCUT2D eigenvalue weighted by Gasteiger charge is 2.33. The van der Waals surface area contributed by atoms with Gasteiger partial charge < -0.3 is 15.4 Å². The summed E-state index contributed by atoms with van der Waals surface area (Å²) in [6.07, 6.45) is 1.36. The van der Waals surface area contributed by atoms with Crippen molar-refractivity contribution >= 4 is 34.5 Å².